The monoisotopic (exact) mass is 203 g/mol. The van der Waals surface area contributed by atoms with Crippen LogP contribution in [0.25, 0.3) is 0 Å². The molecule has 15 heavy (non-hydrogen) atoms. The number of benzene rings is 1. The molecule has 0 aliphatic heterocycles. The van der Waals surface area contributed by atoms with Gasteiger partial charge in [-0.05, 0) is 30.7 Å². The van der Waals surface area contributed by atoms with Gasteiger partial charge in [-0.15, -0.1) is 6.42 Å². The van der Waals surface area contributed by atoms with Gasteiger partial charge in [0, 0.05) is 12.6 Å². The van der Waals surface area contributed by atoms with Gasteiger partial charge >= 0.3 is 0 Å². The molecule has 0 radical (unpaired) electrons. The highest BCUT2D eigenvalue weighted by Crippen LogP contribution is 2.16. The second-order valence-electron chi connectivity index (χ2n) is 3.36. The predicted octanol–water partition coefficient (Wildman–Crippen LogP) is 1.41. The molecular weight excluding hydrogens is 190 g/mol. The third-order valence-electron chi connectivity index (χ3n) is 2.12. The molecule has 1 amide bonds. The molecule has 0 aromatic heterocycles. The van der Waals surface area contributed by atoms with Crippen LogP contribution in [-0.4, -0.2) is 29.5 Å². The first kappa shape index (κ1) is 11.1. The number of terminal acetylenes is 1. The van der Waals surface area contributed by atoms with Crippen LogP contribution in [0.2, 0.25) is 0 Å². The summed E-state index contributed by atoms with van der Waals surface area (Å²) in [5.74, 6) is 2.43. The molecule has 0 aliphatic carbocycles. The summed E-state index contributed by atoms with van der Waals surface area (Å²) in [5.41, 5.74) is 1.30. The van der Waals surface area contributed by atoms with E-state index in [0.717, 1.165) is 5.56 Å². The van der Waals surface area contributed by atoms with Crippen molar-refractivity contribution < 1.29 is 9.90 Å². The smallest absolute Gasteiger partial charge is 0.254 e. The molecule has 0 saturated carbocycles. The topological polar surface area (TPSA) is 40.5 Å². The van der Waals surface area contributed by atoms with Crippen LogP contribution in [0.1, 0.15) is 15.9 Å². The van der Waals surface area contributed by atoms with Gasteiger partial charge in [-0.1, -0.05) is 5.92 Å². The maximum Gasteiger partial charge on any atom is 0.254 e. The molecule has 3 heteroatoms. The molecule has 1 N–H and O–H groups in total. The third kappa shape index (κ3) is 2.50. The molecule has 0 aliphatic rings. The van der Waals surface area contributed by atoms with Crippen molar-refractivity contribution in [3.63, 3.8) is 0 Å². The molecule has 3 nitrogen and oxygen atoms in total. The van der Waals surface area contributed by atoms with E-state index in [9.17, 15) is 9.90 Å². The molecule has 0 atom stereocenters. The van der Waals surface area contributed by atoms with Gasteiger partial charge in [0.1, 0.15) is 5.75 Å². The van der Waals surface area contributed by atoms with E-state index in [4.69, 9.17) is 6.42 Å². The molecule has 1 aromatic rings. The SMILES string of the molecule is C#CCN(C)C(=O)c1ccc(O)cc1C. The lowest BCUT2D eigenvalue weighted by atomic mass is 10.1. The zero-order valence-corrected chi connectivity index (χ0v) is 8.82. The van der Waals surface area contributed by atoms with Crippen LogP contribution in [-0.2, 0) is 0 Å². The van der Waals surface area contributed by atoms with E-state index in [1.807, 2.05) is 0 Å². The van der Waals surface area contributed by atoms with Crippen molar-refractivity contribution in [2.45, 2.75) is 6.92 Å². The highest BCUT2D eigenvalue weighted by Gasteiger charge is 2.13. The number of hydrogen-bond donors (Lipinski definition) is 1. The van der Waals surface area contributed by atoms with Gasteiger partial charge in [-0.3, -0.25) is 4.79 Å². The fourth-order valence-electron chi connectivity index (χ4n) is 1.30. The Morgan fingerprint density at radius 2 is 2.27 bits per heavy atom. The average molecular weight is 203 g/mol. The number of rotatable bonds is 2. The average Bonchev–Trinajstić information content (AvgIpc) is 2.17. The Bertz CT molecular complexity index is 418. The van der Waals surface area contributed by atoms with E-state index in [-0.39, 0.29) is 18.2 Å². The summed E-state index contributed by atoms with van der Waals surface area (Å²) in [6.45, 7) is 2.05. The molecule has 0 saturated heterocycles. The Labute approximate surface area is 89.3 Å². The van der Waals surface area contributed by atoms with Crippen molar-refractivity contribution in [1.29, 1.82) is 0 Å². The lowest BCUT2D eigenvalue weighted by molar-refractivity contribution is 0.0812. The van der Waals surface area contributed by atoms with E-state index >= 15 is 0 Å². The van der Waals surface area contributed by atoms with Crippen molar-refractivity contribution in [1.82, 2.24) is 4.90 Å². The number of phenolic OH excluding ortho intramolecular Hbond substituents is 1. The first-order valence-corrected chi connectivity index (χ1v) is 4.55. The zero-order chi connectivity index (χ0) is 11.4. The Morgan fingerprint density at radius 3 is 2.80 bits per heavy atom. The number of carbonyl (C=O) groups is 1. The highest BCUT2D eigenvalue weighted by molar-refractivity contribution is 5.95. The molecule has 1 aromatic carbocycles. The lowest BCUT2D eigenvalue weighted by Gasteiger charge is -2.15. The summed E-state index contributed by atoms with van der Waals surface area (Å²) < 4.78 is 0. The van der Waals surface area contributed by atoms with Crippen LogP contribution < -0.4 is 0 Å². The Hall–Kier alpha value is -1.95. The molecule has 78 valence electrons. The zero-order valence-electron chi connectivity index (χ0n) is 8.82. The normalized spacial score (nSPS) is 9.40. The lowest BCUT2D eigenvalue weighted by Crippen LogP contribution is -2.27. The second-order valence-corrected chi connectivity index (χ2v) is 3.36. The molecular formula is C12H13NO2. The number of hydrogen-bond acceptors (Lipinski definition) is 2. The number of carbonyl (C=O) groups excluding carboxylic acids is 1. The minimum absolute atomic E-state index is 0.134. The van der Waals surface area contributed by atoms with Gasteiger partial charge in [0.25, 0.3) is 5.91 Å². The molecule has 0 unspecified atom stereocenters. The molecule has 1 rings (SSSR count). The minimum Gasteiger partial charge on any atom is -0.508 e. The second kappa shape index (κ2) is 4.52. The summed E-state index contributed by atoms with van der Waals surface area (Å²) in [7, 11) is 1.65. The molecule has 0 bridgehead atoms. The minimum atomic E-state index is -0.134. The van der Waals surface area contributed by atoms with E-state index in [1.165, 1.54) is 11.0 Å². The fourth-order valence-corrected chi connectivity index (χ4v) is 1.30. The first-order valence-electron chi connectivity index (χ1n) is 4.55. The summed E-state index contributed by atoms with van der Waals surface area (Å²) in [6, 6.07) is 4.64. The summed E-state index contributed by atoms with van der Waals surface area (Å²) >= 11 is 0. The Morgan fingerprint density at radius 1 is 1.60 bits per heavy atom. The molecule has 0 spiro atoms. The highest BCUT2D eigenvalue weighted by atomic mass is 16.3. The predicted molar refractivity (Wildman–Crippen MR) is 58.6 cm³/mol. The van der Waals surface area contributed by atoms with Crippen LogP contribution in [0.5, 0.6) is 5.75 Å². The van der Waals surface area contributed by atoms with Crippen molar-refractivity contribution in [3.8, 4) is 18.1 Å². The number of phenols is 1. The maximum atomic E-state index is 11.8. The third-order valence-corrected chi connectivity index (χ3v) is 2.12. The van der Waals surface area contributed by atoms with Gasteiger partial charge in [0.15, 0.2) is 0 Å². The van der Waals surface area contributed by atoms with E-state index < -0.39 is 0 Å². The van der Waals surface area contributed by atoms with Crippen molar-refractivity contribution in [2.75, 3.05) is 13.6 Å². The quantitative estimate of drug-likeness (QED) is 0.738. The molecule has 0 heterocycles. The van der Waals surface area contributed by atoms with Crippen LogP contribution in [0.3, 0.4) is 0 Å². The van der Waals surface area contributed by atoms with Gasteiger partial charge in [-0.25, -0.2) is 0 Å². The standard InChI is InChI=1S/C12H13NO2/c1-4-7-13(3)12(15)11-6-5-10(14)8-9(11)2/h1,5-6,8,14H,7H2,2-3H3. The van der Waals surface area contributed by atoms with Crippen LogP contribution >= 0.6 is 0 Å². The van der Waals surface area contributed by atoms with E-state index in [0.29, 0.717) is 5.56 Å². The van der Waals surface area contributed by atoms with Crippen molar-refractivity contribution >= 4 is 5.91 Å². The van der Waals surface area contributed by atoms with Gasteiger partial charge in [-0.2, -0.15) is 0 Å². The van der Waals surface area contributed by atoms with Gasteiger partial charge < -0.3 is 10.0 Å². The largest absolute Gasteiger partial charge is 0.508 e. The van der Waals surface area contributed by atoms with E-state index in [2.05, 4.69) is 5.92 Å². The van der Waals surface area contributed by atoms with Gasteiger partial charge in [0.05, 0.1) is 6.54 Å². The maximum absolute atomic E-state index is 11.8. The van der Waals surface area contributed by atoms with Crippen LogP contribution in [0.15, 0.2) is 18.2 Å². The molecule has 0 fully saturated rings. The number of aryl methyl sites for hydroxylation is 1. The van der Waals surface area contributed by atoms with Crippen molar-refractivity contribution in [3.05, 3.63) is 29.3 Å². The Kier molecular flexibility index (Phi) is 3.35. The summed E-state index contributed by atoms with van der Waals surface area (Å²) in [5, 5.41) is 9.20. The van der Waals surface area contributed by atoms with Gasteiger partial charge in [0.2, 0.25) is 0 Å². The van der Waals surface area contributed by atoms with Crippen molar-refractivity contribution in [2.24, 2.45) is 0 Å². The van der Waals surface area contributed by atoms with Crippen LogP contribution in [0, 0.1) is 19.3 Å². The number of amides is 1. The Balaban J connectivity index is 2.97. The van der Waals surface area contributed by atoms with Crippen LogP contribution in [0.4, 0.5) is 0 Å². The number of nitrogens with zero attached hydrogens (tertiary/aromatic N) is 1. The first-order chi connectivity index (χ1) is 7.06. The van der Waals surface area contributed by atoms with E-state index in [1.54, 1.807) is 26.1 Å². The summed E-state index contributed by atoms with van der Waals surface area (Å²) in [4.78, 5) is 13.3. The summed E-state index contributed by atoms with van der Waals surface area (Å²) in [6.07, 6.45) is 5.12. The number of aromatic hydroxyl groups is 1. The fraction of sp³-hybridized carbons (Fsp3) is 0.250.